The Bertz CT molecular complexity index is 693. The fraction of sp³-hybridized carbons (Fsp3) is 0.333. The Labute approximate surface area is 139 Å². The number of hydrazone groups is 1. The van der Waals surface area contributed by atoms with Gasteiger partial charge in [-0.3, -0.25) is 5.01 Å². The van der Waals surface area contributed by atoms with Gasteiger partial charge in [0.2, 0.25) is 0 Å². The first-order chi connectivity index (χ1) is 10.7. The van der Waals surface area contributed by atoms with E-state index in [4.69, 9.17) is 27.9 Å². The van der Waals surface area contributed by atoms with E-state index in [2.05, 4.69) is 10.2 Å². The van der Waals surface area contributed by atoms with Crippen LogP contribution in [0, 0.1) is 6.92 Å². The Hall–Kier alpha value is -1.56. The number of nitrogens with zero attached hydrogens (tertiary/aromatic N) is 4. The van der Waals surface area contributed by atoms with Crippen molar-refractivity contribution >= 4 is 29.4 Å². The minimum absolute atomic E-state index is 0.502. The Kier molecular flexibility index (Phi) is 4.66. The maximum atomic E-state index is 6.46. The van der Waals surface area contributed by atoms with Crippen molar-refractivity contribution in [2.45, 2.75) is 6.92 Å². The van der Waals surface area contributed by atoms with E-state index in [1.807, 2.05) is 36.2 Å². The van der Waals surface area contributed by atoms with Crippen LogP contribution < -0.4 is 0 Å². The Balaban J connectivity index is 1.90. The predicted octanol–water partition coefficient (Wildman–Crippen LogP) is 3.15. The van der Waals surface area contributed by atoms with E-state index in [1.54, 1.807) is 10.9 Å². The van der Waals surface area contributed by atoms with Crippen molar-refractivity contribution in [3.8, 4) is 5.69 Å². The summed E-state index contributed by atoms with van der Waals surface area (Å²) in [5, 5.41) is 12.0. The van der Waals surface area contributed by atoms with Crippen molar-refractivity contribution in [3.05, 3.63) is 45.7 Å². The lowest BCUT2D eigenvalue weighted by atomic mass is 10.3. The molecule has 0 radical (unpaired) electrons. The molecule has 0 atom stereocenters. The molecule has 0 bridgehead atoms. The molecule has 1 aromatic heterocycles. The van der Waals surface area contributed by atoms with Crippen molar-refractivity contribution in [2.75, 3.05) is 26.3 Å². The fourth-order valence-corrected chi connectivity index (χ4v) is 2.78. The molecule has 1 aliphatic rings. The van der Waals surface area contributed by atoms with E-state index >= 15 is 0 Å². The standard InChI is InChI=1S/C15H16Cl2N4O/c1-11-12(10-18-20-6-8-22-9-7-20)15(17)21(19-11)14-5-3-2-4-13(14)16/h2-5,10H,6-9H2,1H3. The number of morpholine rings is 1. The molecular formula is C15H16Cl2N4O. The molecule has 1 fully saturated rings. The number of benzene rings is 1. The number of rotatable bonds is 3. The molecule has 1 aromatic carbocycles. The first kappa shape index (κ1) is 15.3. The highest BCUT2D eigenvalue weighted by molar-refractivity contribution is 6.34. The third-order valence-electron chi connectivity index (χ3n) is 3.47. The highest BCUT2D eigenvalue weighted by atomic mass is 35.5. The second-order valence-corrected chi connectivity index (χ2v) is 5.73. The topological polar surface area (TPSA) is 42.7 Å². The summed E-state index contributed by atoms with van der Waals surface area (Å²) in [6, 6.07) is 7.46. The smallest absolute Gasteiger partial charge is 0.142 e. The molecule has 2 aromatic rings. The van der Waals surface area contributed by atoms with Crippen molar-refractivity contribution in [1.29, 1.82) is 0 Å². The van der Waals surface area contributed by atoms with E-state index in [0.717, 1.165) is 30.0 Å². The number of hydrogen-bond donors (Lipinski definition) is 0. The zero-order valence-corrected chi connectivity index (χ0v) is 13.7. The van der Waals surface area contributed by atoms with Gasteiger partial charge in [0.15, 0.2) is 0 Å². The average Bonchev–Trinajstić information content (AvgIpc) is 2.81. The van der Waals surface area contributed by atoms with Crippen molar-refractivity contribution in [3.63, 3.8) is 0 Å². The summed E-state index contributed by atoms with van der Waals surface area (Å²) in [4.78, 5) is 0. The van der Waals surface area contributed by atoms with Crippen LogP contribution in [-0.4, -0.2) is 47.3 Å². The Morgan fingerprint density at radius 2 is 1.95 bits per heavy atom. The number of aromatic nitrogens is 2. The van der Waals surface area contributed by atoms with Gasteiger partial charge in [0.1, 0.15) is 5.15 Å². The molecule has 0 aliphatic carbocycles. The van der Waals surface area contributed by atoms with Crippen LogP contribution in [0.25, 0.3) is 5.69 Å². The van der Waals surface area contributed by atoms with Crippen LogP contribution in [0.4, 0.5) is 0 Å². The molecule has 22 heavy (non-hydrogen) atoms. The van der Waals surface area contributed by atoms with Crippen LogP contribution in [0.3, 0.4) is 0 Å². The SMILES string of the molecule is Cc1nn(-c2ccccc2Cl)c(Cl)c1C=NN1CCOCC1. The lowest BCUT2D eigenvalue weighted by Crippen LogP contribution is -2.32. The summed E-state index contributed by atoms with van der Waals surface area (Å²) in [5.41, 5.74) is 2.36. The number of ether oxygens (including phenoxy) is 1. The summed E-state index contributed by atoms with van der Waals surface area (Å²) in [6.07, 6.45) is 1.75. The second-order valence-electron chi connectivity index (χ2n) is 4.96. The molecule has 3 rings (SSSR count). The number of hydrogen-bond acceptors (Lipinski definition) is 4. The second kappa shape index (κ2) is 6.69. The summed E-state index contributed by atoms with van der Waals surface area (Å²) in [7, 11) is 0. The van der Waals surface area contributed by atoms with Crippen molar-refractivity contribution in [1.82, 2.24) is 14.8 Å². The van der Waals surface area contributed by atoms with Gasteiger partial charge in [-0.25, -0.2) is 4.68 Å². The van der Waals surface area contributed by atoms with E-state index in [-0.39, 0.29) is 0 Å². The lowest BCUT2D eigenvalue weighted by molar-refractivity contribution is 0.0397. The first-order valence-electron chi connectivity index (χ1n) is 7.03. The molecule has 1 saturated heterocycles. The van der Waals surface area contributed by atoms with E-state index < -0.39 is 0 Å². The minimum atomic E-state index is 0.502. The maximum absolute atomic E-state index is 6.46. The fourth-order valence-electron chi connectivity index (χ4n) is 2.25. The quantitative estimate of drug-likeness (QED) is 0.807. The average molecular weight is 339 g/mol. The van der Waals surface area contributed by atoms with Gasteiger partial charge in [-0.2, -0.15) is 10.2 Å². The van der Waals surface area contributed by atoms with Crippen LogP contribution >= 0.6 is 23.2 Å². The van der Waals surface area contributed by atoms with Gasteiger partial charge in [-0.15, -0.1) is 0 Å². The first-order valence-corrected chi connectivity index (χ1v) is 7.79. The lowest BCUT2D eigenvalue weighted by Gasteiger charge is -2.23. The van der Waals surface area contributed by atoms with Crippen molar-refractivity contribution < 1.29 is 4.74 Å². The van der Waals surface area contributed by atoms with Gasteiger partial charge in [-0.1, -0.05) is 35.3 Å². The van der Waals surface area contributed by atoms with Gasteiger partial charge < -0.3 is 4.74 Å². The molecule has 0 spiro atoms. The number of halogens is 2. The van der Waals surface area contributed by atoms with Crippen LogP contribution in [0.15, 0.2) is 29.4 Å². The van der Waals surface area contributed by atoms with Gasteiger partial charge in [0.05, 0.1) is 54.5 Å². The molecule has 0 amide bonds. The summed E-state index contributed by atoms with van der Waals surface area (Å²) in [5.74, 6) is 0. The highest BCUT2D eigenvalue weighted by Gasteiger charge is 2.15. The summed E-state index contributed by atoms with van der Waals surface area (Å²) < 4.78 is 6.94. The van der Waals surface area contributed by atoms with Gasteiger partial charge in [0.25, 0.3) is 0 Å². The number of aryl methyl sites for hydroxylation is 1. The summed E-state index contributed by atoms with van der Waals surface area (Å²) >= 11 is 12.7. The highest BCUT2D eigenvalue weighted by Crippen LogP contribution is 2.26. The molecular weight excluding hydrogens is 323 g/mol. The molecule has 7 heteroatoms. The summed E-state index contributed by atoms with van der Waals surface area (Å²) in [6.45, 7) is 4.86. The predicted molar refractivity (Wildman–Crippen MR) is 88.3 cm³/mol. The molecule has 0 saturated carbocycles. The molecule has 116 valence electrons. The largest absolute Gasteiger partial charge is 0.378 e. The van der Waals surface area contributed by atoms with E-state index in [0.29, 0.717) is 23.4 Å². The molecule has 1 aliphatic heterocycles. The van der Waals surface area contributed by atoms with E-state index in [9.17, 15) is 0 Å². The normalized spacial score (nSPS) is 15.7. The van der Waals surface area contributed by atoms with Gasteiger partial charge in [-0.05, 0) is 19.1 Å². The zero-order chi connectivity index (χ0) is 15.5. The van der Waals surface area contributed by atoms with Crippen molar-refractivity contribution in [2.24, 2.45) is 5.10 Å². The molecule has 2 heterocycles. The van der Waals surface area contributed by atoms with Gasteiger partial charge in [0, 0.05) is 0 Å². The monoisotopic (exact) mass is 338 g/mol. The Morgan fingerprint density at radius 3 is 2.68 bits per heavy atom. The molecule has 0 unspecified atom stereocenters. The zero-order valence-electron chi connectivity index (χ0n) is 12.2. The van der Waals surface area contributed by atoms with Crippen LogP contribution in [0.2, 0.25) is 10.2 Å². The molecule has 5 nitrogen and oxygen atoms in total. The molecule has 0 N–H and O–H groups in total. The van der Waals surface area contributed by atoms with Crippen LogP contribution in [0.1, 0.15) is 11.3 Å². The maximum Gasteiger partial charge on any atom is 0.142 e. The van der Waals surface area contributed by atoms with E-state index in [1.165, 1.54) is 0 Å². The number of para-hydroxylation sites is 1. The van der Waals surface area contributed by atoms with Gasteiger partial charge >= 0.3 is 0 Å². The Morgan fingerprint density at radius 1 is 1.23 bits per heavy atom. The van der Waals surface area contributed by atoms with Crippen LogP contribution in [0.5, 0.6) is 0 Å². The van der Waals surface area contributed by atoms with Crippen LogP contribution in [-0.2, 0) is 4.74 Å². The third-order valence-corrected chi connectivity index (χ3v) is 4.15. The third kappa shape index (κ3) is 3.11. The minimum Gasteiger partial charge on any atom is -0.378 e.